The highest BCUT2D eigenvalue weighted by Gasteiger charge is 2.12. The second kappa shape index (κ2) is 6.06. The van der Waals surface area contributed by atoms with Crippen molar-refractivity contribution < 1.29 is 4.39 Å². The first-order chi connectivity index (χ1) is 9.49. The quantitative estimate of drug-likeness (QED) is 0.917. The van der Waals surface area contributed by atoms with Gasteiger partial charge in [-0.1, -0.05) is 24.3 Å². The van der Waals surface area contributed by atoms with Crippen LogP contribution in [-0.4, -0.2) is 7.05 Å². The highest BCUT2D eigenvalue weighted by molar-refractivity contribution is 5.55. The Labute approximate surface area is 120 Å². The Morgan fingerprint density at radius 3 is 2.55 bits per heavy atom. The van der Waals surface area contributed by atoms with Crippen LogP contribution in [-0.2, 0) is 6.54 Å². The van der Waals surface area contributed by atoms with Crippen LogP contribution in [0.4, 0.5) is 10.1 Å². The lowest BCUT2D eigenvalue weighted by Gasteiger charge is -2.25. The van der Waals surface area contributed by atoms with Gasteiger partial charge < -0.3 is 10.6 Å². The van der Waals surface area contributed by atoms with Crippen molar-refractivity contribution in [2.45, 2.75) is 26.4 Å². The van der Waals surface area contributed by atoms with E-state index in [1.54, 1.807) is 6.07 Å². The van der Waals surface area contributed by atoms with E-state index in [2.05, 4.69) is 24.0 Å². The zero-order chi connectivity index (χ0) is 14.7. The molecule has 2 nitrogen and oxygen atoms in total. The molecule has 20 heavy (non-hydrogen) atoms. The van der Waals surface area contributed by atoms with Crippen molar-refractivity contribution in [3.63, 3.8) is 0 Å². The molecule has 3 heteroatoms. The van der Waals surface area contributed by atoms with Crippen molar-refractivity contribution in [2.75, 3.05) is 11.9 Å². The molecule has 2 aromatic rings. The molecule has 0 aromatic heterocycles. The normalized spacial score (nSPS) is 12.2. The van der Waals surface area contributed by atoms with Crippen molar-refractivity contribution in [1.29, 1.82) is 0 Å². The molecule has 0 bridgehead atoms. The SMILES string of the molecule is Cc1ccccc1CN(C)c1ccc(F)cc1C(C)N. The van der Waals surface area contributed by atoms with Gasteiger partial charge in [0.25, 0.3) is 0 Å². The zero-order valence-electron chi connectivity index (χ0n) is 12.2. The van der Waals surface area contributed by atoms with Gasteiger partial charge in [0.05, 0.1) is 0 Å². The summed E-state index contributed by atoms with van der Waals surface area (Å²) in [4.78, 5) is 2.11. The Hall–Kier alpha value is -1.87. The third-order valence-corrected chi connectivity index (χ3v) is 3.56. The summed E-state index contributed by atoms with van der Waals surface area (Å²) in [6.45, 7) is 4.75. The second-order valence-corrected chi connectivity index (χ2v) is 5.27. The molecular formula is C17H21FN2. The van der Waals surface area contributed by atoms with Gasteiger partial charge in [-0.15, -0.1) is 0 Å². The standard InChI is InChI=1S/C17H21FN2/c1-12-6-4-5-7-14(12)11-20(3)17-9-8-15(18)10-16(17)13(2)19/h4-10,13H,11,19H2,1-3H3. The van der Waals surface area contributed by atoms with Gasteiger partial charge in [0, 0.05) is 25.3 Å². The van der Waals surface area contributed by atoms with Crippen LogP contribution in [0.1, 0.15) is 29.7 Å². The number of rotatable bonds is 4. The number of halogens is 1. The molecule has 106 valence electrons. The van der Waals surface area contributed by atoms with Gasteiger partial charge in [0.15, 0.2) is 0 Å². The molecule has 0 aliphatic carbocycles. The van der Waals surface area contributed by atoms with Gasteiger partial charge in [-0.2, -0.15) is 0 Å². The number of hydrogen-bond donors (Lipinski definition) is 1. The Morgan fingerprint density at radius 2 is 1.90 bits per heavy atom. The molecule has 2 rings (SSSR count). The van der Waals surface area contributed by atoms with Gasteiger partial charge >= 0.3 is 0 Å². The highest BCUT2D eigenvalue weighted by Crippen LogP contribution is 2.27. The maximum Gasteiger partial charge on any atom is 0.123 e. The molecule has 0 fully saturated rings. The number of hydrogen-bond acceptors (Lipinski definition) is 2. The Kier molecular flexibility index (Phi) is 4.40. The molecule has 2 aromatic carbocycles. The van der Waals surface area contributed by atoms with Crippen molar-refractivity contribution in [3.8, 4) is 0 Å². The maximum atomic E-state index is 13.4. The van der Waals surface area contributed by atoms with Crippen LogP contribution < -0.4 is 10.6 Å². The molecule has 1 unspecified atom stereocenters. The van der Waals surface area contributed by atoms with Gasteiger partial charge in [-0.25, -0.2) is 4.39 Å². The summed E-state index contributed by atoms with van der Waals surface area (Å²) in [5.74, 6) is -0.245. The largest absolute Gasteiger partial charge is 0.370 e. The van der Waals surface area contributed by atoms with Crippen molar-refractivity contribution in [2.24, 2.45) is 5.73 Å². The molecule has 0 aliphatic heterocycles. The summed E-state index contributed by atoms with van der Waals surface area (Å²) < 4.78 is 13.4. The summed E-state index contributed by atoms with van der Waals surface area (Å²) in [5.41, 5.74) is 10.3. The van der Waals surface area contributed by atoms with Gasteiger partial charge in [-0.3, -0.25) is 0 Å². The fraction of sp³-hybridized carbons (Fsp3) is 0.294. The number of benzene rings is 2. The van der Waals surface area contributed by atoms with Gasteiger partial charge in [0.2, 0.25) is 0 Å². The maximum absolute atomic E-state index is 13.4. The van der Waals surface area contributed by atoms with Crippen LogP contribution in [0.25, 0.3) is 0 Å². The van der Waals surface area contributed by atoms with Crippen molar-refractivity contribution in [3.05, 3.63) is 65.0 Å². The molecule has 0 saturated carbocycles. The van der Waals surface area contributed by atoms with E-state index >= 15 is 0 Å². The van der Waals surface area contributed by atoms with Crippen LogP contribution in [0.15, 0.2) is 42.5 Å². The molecule has 1 atom stereocenters. The lowest BCUT2D eigenvalue weighted by Crippen LogP contribution is -2.20. The molecule has 0 aliphatic rings. The lowest BCUT2D eigenvalue weighted by atomic mass is 10.0. The predicted octanol–water partition coefficient (Wildman–Crippen LogP) is 3.79. The molecular weight excluding hydrogens is 251 g/mol. The number of aryl methyl sites for hydroxylation is 1. The lowest BCUT2D eigenvalue weighted by molar-refractivity contribution is 0.622. The number of anilines is 1. The number of nitrogens with zero attached hydrogens (tertiary/aromatic N) is 1. The predicted molar refractivity (Wildman–Crippen MR) is 82.3 cm³/mol. The number of nitrogens with two attached hydrogens (primary N) is 1. The molecule has 2 N–H and O–H groups in total. The van der Waals surface area contributed by atoms with E-state index in [1.807, 2.05) is 26.1 Å². The monoisotopic (exact) mass is 272 g/mol. The summed E-state index contributed by atoms with van der Waals surface area (Å²) in [7, 11) is 2.01. The average Bonchev–Trinajstić information content (AvgIpc) is 2.41. The minimum absolute atomic E-state index is 0.194. The highest BCUT2D eigenvalue weighted by atomic mass is 19.1. The topological polar surface area (TPSA) is 29.3 Å². The van der Waals surface area contributed by atoms with Gasteiger partial charge in [-0.05, 0) is 48.7 Å². The third kappa shape index (κ3) is 3.17. The van der Waals surface area contributed by atoms with E-state index in [-0.39, 0.29) is 11.9 Å². The molecule has 0 heterocycles. The molecule has 0 saturated heterocycles. The van der Waals surface area contributed by atoms with E-state index in [4.69, 9.17) is 5.73 Å². The first kappa shape index (κ1) is 14.5. The van der Waals surface area contributed by atoms with Crippen molar-refractivity contribution in [1.82, 2.24) is 0 Å². The fourth-order valence-corrected chi connectivity index (χ4v) is 2.37. The van der Waals surface area contributed by atoms with E-state index in [1.165, 1.54) is 23.3 Å². The Bertz CT molecular complexity index is 593. The minimum Gasteiger partial charge on any atom is -0.370 e. The molecule has 0 spiro atoms. The van der Waals surface area contributed by atoms with E-state index in [0.717, 1.165) is 17.8 Å². The first-order valence-corrected chi connectivity index (χ1v) is 6.79. The first-order valence-electron chi connectivity index (χ1n) is 6.79. The molecule has 0 radical (unpaired) electrons. The van der Waals surface area contributed by atoms with E-state index in [9.17, 15) is 4.39 Å². The van der Waals surface area contributed by atoms with Crippen LogP contribution >= 0.6 is 0 Å². The Balaban J connectivity index is 2.30. The van der Waals surface area contributed by atoms with E-state index in [0.29, 0.717) is 0 Å². The average molecular weight is 272 g/mol. The van der Waals surface area contributed by atoms with Crippen LogP contribution in [0.5, 0.6) is 0 Å². The minimum atomic E-state index is -0.245. The second-order valence-electron chi connectivity index (χ2n) is 5.27. The summed E-state index contributed by atoms with van der Waals surface area (Å²) >= 11 is 0. The van der Waals surface area contributed by atoms with Crippen LogP contribution in [0.3, 0.4) is 0 Å². The van der Waals surface area contributed by atoms with Crippen LogP contribution in [0.2, 0.25) is 0 Å². The Morgan fingerprint density at radius 1 is 1.20 bits per heavy atom. The fourth-order valence-electron chi connectivity index (χ4n) is 2.37. The summed E-state index contributed by atoms with van der Waals surface area (Å²) in [5, 5.41) is 0. The van der Waals surface area contributed by atoms with E-state index < -0.39 is 0 Å². The summed E-state index contributed by atoms with van der Waals surface area (Å²) in [6.07, 6.45) is 0. The molecule has 0 amide bonds. The van der Waals surface area contributed by atoms with Crippen molar-refractivity contribution >= 4 is 5.69 Å². The zero-order valence-corrected chi connectivity index (χ0v) is 12.2. The smallest absolute Gasteiger partial charge is 0.123 e. The third-order valence-electron chi connectivity index (χ3n) is 3.56. The van der Waals surface area contributed by atoms with Gasteiger partial charge in [0.1, 0.15) is 5.82 Å². The summed E-state index contributed by atoms with van der Waals surface area (Å²) in [6, 6.07) is 12.9. The van der Waals surface area contributed by atoms with Crippen LogP contribution in [0, 0.1) is 12.7 Å².